The van der Waals surface area contributed by atoms with Crippen LogP contribution in [0.5, 0.6) is 0 Å². The van der Waals surface area contributed by atoms with Crippen LogP contribution in [-0.4, -0.2) is 21.5 Å². The molecule has 0 heterocycles. The van der Waals surface area contributed by atoms with Crippen molar-refractivity contribution in [3.63, 3.8) is 0 Å². The van der Waals surface area contributed by atoms with Gasteiger partial charge in [0, 0.05) is 7.74 Å². The average molecular weight is 65.7 g/mol. The Morgan fingerprint density at radius 1 is 2.00 bits per heavy atom. The van der Waals surface area contributed by atoms with Crippen LogP contribution in [0.2, 0.25) is 0 Å². The van der Waals surface area contributed by atoms with Crippen molar-refractivity contribution in [1.82, 2.24) is 5.23 Å². The van der Waals surface area contributed by atoms with Gasteiger partial charge in [0.05, 0.1) is 0 Å². The van der Waals surface area contributed by atoms with Crippen LogP contribution in [0, 0.1) is 0 Å². The van der Waals surface area contributed by atoms with E-state index in [1.54, 1.807) is 0 Å². The molecule has 0 aliphatic heterocycles. The molecule has 1 N–H and O–H groups in total. The summed E-state index contributed by atoms with van der Waals surface area (Å²) in [5, 5.41) is 2.08. The normalized spacial score (nSPS) is 5.60. The third kappa shape index (κ3) is 3.60. The maximum atomic E-state index is 9.18. The first-order valence-electron chi connectivity index (χ1n) is 1.15. The van der Waals surface area contributed by atoms with Gasteiger partial charge in [-0.3, -0.25) is 4.79 Å². The fraction of sp³-hybridized carbons (Fsp3) is 0. The Morgan fingerprint density at radius 3 is 2.60 bits per heavy atom. The molecule has 0 saturated carbocycles. The molecule has 0 fully saturated rings. The Balaban J connectivity index is 2.40. The van der Waals surface area contributed by atoms with Crippen molar-refractivity contribution in [3.8, 4) is 0 Å². The molecule has 4 heteroatoms. The van der Waals surface area contributed by atoms with E-state index in [9.17, 15) is 4.79 Å². The summed E-state index contributed by atoms with van der Waals surface area (Å²) in [5.74, 6) is 0. The monoisotopic (exact) mass is 66.0 g/mol. The van der Waals surface area contributed by atoms with Crippen molar-refractivity contribution < 1.29 is 4.79 Å². The molecule has 0 aliphatic carbocycles. The fourth-order valence-corrected chi connectivity index (χ4v) is 0.0393. The van der Waals surface area contributed by atoms with Crippen LogP contribution in [0.4, 0.5) is 0 Å². The SMILES string of the molecule is [B][B]NC=O. The summed E-state index contributed by atoms with van der Waals surface area (Å²) >= 11 is 0. The van der Waals surface area contributed by atoms with E-state index in [-0.39, 0.29) is 0 Å². The minimum atomic E-state index is 0.500. The van der Waals surface area contributed by atoms with Crippen LogP contribution in [0.1, 0.15) is 0 Å². The van der Waals surface area contributed by atoms with E-state index < -0.39 is 0 Å². The van der Waals surface area contributed by atoms with Crippen LogP contribution in [0.25, 0.3) is 0 Å². The number of carbonyl (C=O) groups is 1. The van der Waals surface area contributed by atoms with Gasteiger partial charge in [0.25, 0.3) is 0 Å². The highest BCUT2D eigenvalue weighted by Gasteiger charge is 1.64. The molecule has 23 valence electrons. The van der Waals surface area contributed by atoms with Gasteiger partial charge in [0.15, 0.2) is 13.7 Å². The molecule has 0 saturated heterocycles. The van der Waals surface area contributed by atoms with Gasteiger partial charge in [-0.2, -0.15) is 0 Å². The largest absolute Gasteiger partial charge is 0.415 e. The van der Waals surface area contributed by atoms with Crippen LogP contribution >= 0.6 is 0 Å². The second-order valence-corrected chi connectivity index (χ2v) is 0.451. The first-order chi connectivity index (χ1) is 2.41. The number of carbonyl (C=O) groups excluding carboxylic acids is 1. The van der Waals surface area contributed by atoms with Crippen molar-refractivity contribution in [2.45, 2.75) is 0 Å². The van der Waals surface area contributed by atoms with Gasteiger partial charge in [-0.05, 0) is 0 Å². The highest BCUT2D eigenvalue weighted by molar-refractivity contribution is 6.88. The molecule has 0 spiro atoms. The molecule has 0 rings (SSSR count). The Labute approximate surface area is 32.6 Å². The number of hydrogen-bond acceptors (Lipinski definition) is 1. The van der Waals surface area contributed by atoms with Crippen LogP contribution in [0.15, 0.2) is 0 Å². The summed E-state index contributed by atoms with van der Waals surface area (Å²) in [5.41, 5.74) is 0. The van der Waals surface area contributed by atoms with Crippen molar-refractivity contribution >= 4 is 21.5 Å². The topological polar surface area (TPSA) is 29.1 Å². The highest BCUT2D eigenvalue weighted by atomic mass is 16.1. The van der Waals surface area contributed by atoms with E-state index >= 15 is 0 Å². The lowest BCUT2D eigenvalue weighted by molar-refractivity contribution is -0.108. The summed E-state index contributed by atoms with van der Waals surface area (Å²) in [6.07, 6.45) is 0.500. The molecule has 0 bridgehead atoms. The van der Waals surface area contributed by atoms with Crippen molar-refractivity contribution in [1.29, 1.82) is 0 Å². The first-order valence-corrected chi connectivity index (χ1v) is 1.15. The van der Waals surface area contributed by atoms with Crippen LogP contribution in [0.3, 0.4) is 0 Å². The molecular weight excluding hydrogens is 63.6 g/mol. The lowest BCUT2D eigenvalue weighted by atomic mass is 9.68. The van der Waals surface area contributed by atoms with E-state index in [0.29, 0.717) is 6.41 Å². The van der Waals surface area contributed by atoms with E-state index in [1.807, 2.05) is 0 Å². The van der Waals surface area contributed by atoms with Crippen molar-refractivity contribution in [2.75, 3.05) is 0 Å². The smallest absolute Gasteiger partial charge is 0.194 e. The molecular formula is CH2B2NO. The molecule has 0 atom stereocenters. The second-order valence-electron chi connectivity index (χ2n) is 0.451. The van der Waals surface area contributed by atoms with E-state index in [4.69, 9.17) is 0 Å². The summed E-state index contributed by atoms with van der Waals surface area (Å²) in [7, 11) is 5.73. The quantitative estimate of drug-likeness (QED) is 0.306. The maximum Gasteiger partial charge on any atom is 0.194 e. The minimum absolute atomic E-state index is 0.500. The van der Waals surface area contributed by atoms with Gasteiger partial charge in [-0.25, -0.2) is 0 Å². The molecule has 0 aromatic carbocycles. The lowest BCUT2D eigenvalue weighted by Crippen LogP contribution is -2.15. The summed E-state index contributed by atoms with van der Waals surface area (Å²) in [6.45, 7) is 0. The summed E-state index contributed by atoms with van der Waals surface area (Å²) in [6, 6.07) is 0. The maximum absolute atomic E-state index is 9.18. The number of hydrogen-bond donors (Lipinski definition) is 1. The van der Waals surface area contributed by atoms with Gasteiger partial charge in [-0.15, -0.1) is 0 Å². The molecule has 3 radical (unpaired) electrons. The molecule has 0 aromatic heterocycles. The Kier molecular flexibility index (Phi) is 3.31. The molecule has 2 nitrogen and oxygen atoms in total. The summed E-state index contributed by atoms with van der Waals surface area (Å²) in [4.78, 5) is 9.18. The molecule has 5 heavy (non-hydrogen) atoms. The van der Waals surface area contributed by atoms with Crippen molar-refractivity contribution in [2.24, 2.45) is 0 Å². The molecule has 0 aliphatic rings. The zero-order valence-corrected chi connectivity index (χ0v) is 2.64. The Bertz CT molecular complexity index is 30.8. The van der Waals surface area contributed by atoms with Gasteiger partial charge in [0.1, 0.15) is 0 Å². The average Bonchev–Trinajstić information content (AvgIpc) is 1.41. The molecule has 0 aromatic rings. The zero-order chi connectivity index (χ0) is 4.12. The lowest BCUT2D eigenvalue weighted by Gasteiger charge is -1.76. The van der Waals surface area contributed by atoms with E-state index in [1.165, 1.54) is 0 Å². The third-order valence-electron chi connectivity index (χ3n) is 0.164. The second kappa shape index (κ2) is 3.60. The highest BCUT2D eigenvalue weighted by Crippen LogP contribution is 1.22. The van der Waals surface area contributed by atoms with E-state index in [2.05, 4.69) is 13.0 Å². The van der Waals surface area contributed by atoms with Gasteiger partial charge < -0.3 is 5.23 Å². The Morgan fingerprint density at radius 2 is 2.60 bits per heavy atom. The van der Waals surface area contributed by atoms with Gasteiger partial charge in [0.2, 0.25) is 0 Å². The third-order valence-corrected chi connectivity index (χ3v) is 0.164. The number of nitrogens with one attached hydrogen (secondary N) is 1. The standard InChI is InChI=1S/CH2B2NO/c2-3-4-1-5/h1H,(H,4,5). The van der Waals surface area contributed by atoms with Crippen LogP contribution < -0.4 is 5.23 Å². The predicted molar refractivity (Wildman–Crippen MR) is 20.7 cm³/mol. The number of rotatable bonds is 2. The number of amides is 1. The van der Waals surface area contributed by atoms with Crippen molar-refractivity contribution in [3.05, 3.63) is 0 Å². The molecule has 0 unspecified atom stereocenters. The summed E-state index contributed by atoms with van der Waals surface area (Å²) < 4.78 is 0. The Hall–Kier alpha value is -0.400. The molecule has 1 amide bonds. The van der Waals surface area contributed by atoms with Gasteiger partial charge >= 0.3 is 0 Å². The fourth-order valence-electron chi connectivity index (χ4n) is 0.0393. The first kappa shape index (κ1) is 4.60. The predicted octanol–water partition coefficient (Wildman–Crippen LogP) is -1.56. The minimum Gasteiger partial charge on any atom is -0.415 e. The van der Waals surface area contributed by atoms with Gasteiger partial charge in [-0.1, -0.05) is 0 Å². The van der Waals surface area contributed by atoms with E-state index in [0.717, 1.165) is 7.31 Å². The van der Waals surface area contributed by atoms with Crippen LogP contribution in [-0.2, 0) is 4.79 Å². The zero-order valence-electron chi connectivity index (χ0n) is 2.64.